The van der Waals surface area contributed by atoms with Crippen LogP contribution in [0.25, 0.3) is 16.6 Å². The van der Waals surface area contributed by atoms with E-state index in [1.807, 2.05) is 0 Å². The van der Waals surface area contributed by atoms with Gasteiger partial charge in [0.25, 0.3) is 5.91 Å². The average Bonchev–Trinajstić information content (AvgIpc) is 3.63. The van der Waals surface area contributed by atoms with Crippen molar-refractivity contribution in [3.05, 3.63) is 70.8 Å². The lowest BCUT2D eigenvalue weighted by atomic mass is 10.00. The summed E-state index contributed by atoms with van der Waals surface area (Å²) in [5.74, 6) is -0.440. The number of carbonyl (C=O) groups is 1. The third kappa shape index (κ3) is 4.69. The minimum Gasteiger partial charge on any atom is -0.493 e. The van der Waals surface area contributed by atoms with E-state index in [1.165, 1.54) is 23.0 Å². The van der Waals surface area contributed by atoms with Crippen LogP contribution in [0.2, 0.25) is 0 Å². The highest BCUT2D eigenvalue weighted by molar-refractivity contribution is 6.04. The Balaban J connectivity index is 1.32. The highest BCUT2D eigenvalue weighted by Crippen LogP contribution is 2.36. The van der Waals surface area contributed by atoms with Gasteiger partial charge in [-0.3, -0.25) is 14.2 Å². The summed E-state index contributed by atoms with van der Waals surface area (Å²) in [6.07, 6.45) is -1.73. The zero-order chi connectivity index (χ0) is 29.0. The predicted molar refractivity (Wildman–Crippen MR) is 139 cm³/mol. The van der Waals surface area contributed by atoms with E-state index in [4.69, 9.17) is 14.2 Å². The van der Waals surface area contributed by atoms with Gasteiger partial charge < -0.3 is 24.4 Å². The van der Waals surface area contributed by atoms with E-state index in [1.54, 1.807) is 18.2 Å². The number of amides is 1. The van der Waals surface area contributed by atoms with Crippen LogP contribution >= 0.6 is 0 Å². The molecule has 1 N–H and O–H groups in total. The van der Waals surface area contributed by atoms with Crippen molar-refractivity contribution in [1.82, 2.24) is 24.3 Å². The summed E-state index contributed by atoms with van der Waals surface area (Å²) >= 11 is 0. The molecule has 42 heavy (non-hydrogen) atoms. The lowest BCUT2D eigenvalue weighted by molar-refractivity contribution is -0.141. The molecule has 3 aromatic heterocycles. The second-order valence-corrected chi connectivity index (χ2v) is 10.2. The predicted octanol–water partition coefficient (Wildman–Crippen LogP) is 4.08. The number of halogens is 4. The molecule has 0 saturated carbocycles. The lowest BCUT2D eigenvalue weighted by Crippen LogP contribution is -2.39. The molecule has 0 aliphatic carbocycles. The molecule has 1 unspecified atom stereocenters. The number of hydrogen-bond acceptors (Lipinski definition) is 8. The fourth-order valence-corrected chi connectivity index (χ4v) is 5.64. The van der Waals surface area contributed by atoms with Crippen LogP contribution in [-0.4, -0.2) is 69.3 Å². The highest BCUT2D eigenvalue weighted by atomic mass is 19.4. The minimum atomic E-state index is -4.65. The van der Waals surface area contributed by atoms with Crippen LogP contribution in [0.15, 0.2) is 36.8 Å². The molecule has 218 valence electrons. The number of rotatable bonds is 5. The maximum atomic E-state index is 14.8. The standard InChI is InChI=1S/C28H24F4N6O4/c29-19-2-4-22-16(5-6-41-22)17(19)9-33-27-34-10-18-15-1-3-20(23-12-40-7-8-42-23)36-21(15)11-37(13-28(30,31)32)26(39)24-25(18)38(27)14-35-24/h1-4,10,14,23H,5-9,11-13H2,(H,33,34). The molecule has 10 nitrogen and oxygen atoms in total. The Bertz CT molecular complexity index is 1700. The second kappa shape index (κ2) is 10.2. The summed E-state index contributed by atoms with van der Waals surface area (Å²) < 4.78 is 73.9. The first-order valence-corrected chi connectivity index (χ1v) is 13.4. The molecule has 0 bridgehead atoms. The number of benzene rings is 1. The number of alkyl halides is 3. The van der Waals surface area contributed by atoms with Crippen LogP contribution in [0.4, 0.5) is 23.5 Å². The van der Waals surface area contributed by atoms with Crippen molar-refractivity contribution in [2.45, 2.75) is 31.8 Å². The fraction of sp³-hybridized carbons (Fsp3) is 0.357. The molecular formula is C28H24F4N6O4. The van der Waals surface area contributed by atoms with Gasteiger partial charge in [0.2, 0.25) is 5.95 Å². The number of nitrogens with one attached hydrogen (secondary N) is 1. The van der Waals surface area contributed by atoms with Gasteiger partial charge in [0.15, 0.2) is 5.69 Å². The lowest BCUT2D eigenvalue weighted by Gasteiger charge is -2.28. The van der Waals surface area contributed by atoms with E-state index in [0.29, 0.717) is 59.3 Å². The highest BCUT2D eigenvalue weighted by Gasteiger charge is 2.37. The minimum absolute atomic E-state index is 0.0619. The number of fused-ring (bicyclic) bond motifs is 3. The van der Waals surface area contributed by atoms with Crippen molar-refractivity contribution in [3.8, 4) is 16.9 Å². The maximum absolute atomic E-state index is 14.8. The summed E-state index contributed by atoms with van der Waals surface area (Å²) in [5.41, 5.74) is 3.03. The molecule has 7 rings (SSSR count). The molecule has 1 atom stereocenters. The monoisotopic (exact) mass is 584 g/mol. The Morgan fingerprint density at radius 1 is 1.07 bits per heavy atom. The molecule has 1 saturated heterocycles. The first kappa shape index (κ1) is 26.6. The summed E-state index contributed by atoms with van der Waals surface area (Å²) in [5, 5.41) is 3.10. The molecule has 3 aliphatic rings. The smallest absolute Gasteiger partial charge is 0.406 e. The number of ether oxygens (including phenoxy) is 3. The first-order valence-electron chi connectivity index (χ1n) is 13.4. The Morgan fingerprint density at radius 2 is 1.95 bits per heavy atom. The summed E-state index contributed by atoms with van der Waals surface area (Å²) in [7, 11) is 0. The zero-order valence-corrected chi connectivity index (χ0v) is 22.1. The van der Waals surface area contributed by atoms with Crippen molar-refractivity contribution >= 4 is 17.4 Å². The van der Waals surface area contributed by atoms with E-state index in [-0.39, 0.29) is 36.0 Å². The molecule has 1 fully saturated rings. The van der Waals surface area contributed by atoms with Gasteiger partial charge in [0, 0.05) is 41.4 Å². The zero-order valence-electron chi connectivity index (χ0n) is 22.1. The van der Waals surface area contributed by atoms with Crippen LogP contribution in [0.1, 0.15) is 39.1 Å². The van der Waals surface area contributed by atoms with Gasteiger partial charge in [-0.25, -0.2) is 14.4 Å². The van der Waals surface area contributed by atoms with Crippen LogP contribution in [0.3, 0.4) is 0 Å². The number of pyridine rings is 1. The first-order chi connectivity index (χ1) is 20.3. The normalized spacial score (nSPS) is 18.3. The SMILES string of the molecule is O=C1c2ncn3c(NCc4c(F)ccc5c4CCO5)ncc(c23)-c2ccc(C3COCCO3)nc2CN1CC(F)(F)F. The topological polar surface area (TPSA) is 103 Å². The molecule has 14 heteroatoms. The maximum Gasteiger partial charge on any atom is 0.406 e. The molecular weight excluding hydrogens is 560 g/mol. The van der Waals surface area contributed by atoms with Gasteiger partial charge in [-0.2, -0.15) is 13.2 Å². The van der Waals surface area contributed by atoms with Crippen molar-refractivity contribution in [2.24, 2.45) is 0 Å². The number of aromatic nitrogens is 4. The quantitative estimate of drug-likeness (QED) is 0.350. The molecule has 3 aliphatic heterocycles. The third-order valence-corrected chi connectivity index (χ3v) is 7.56. The Labute approximate surface area is 236 Å². The van der Waals surface area contributed by atoms with Crippen molar-refractivity contribution in [2.75, 3.05) is 38.3 Å². The Kier molecular flexibility index (Phi) is 6.46. The van der Waals surface area contributed by atoms with Gasteiger partial charge in [0.05, 0.1) is 49.9 Å². The van der Waals surface area contributed by atoms with Crippen molar-refractivity contribution in [1.29, 1.82) is 0 Å². The number of imidazole rings is 1. The van der Waals surface area contributed by atoms with E-state index < -0.39 is 37.1 Å². The molecule has 0 spiro atoms. The van der Waals surface area contributed by atoms with Gasteiger partial charge in [-0.05, 0) is 18.2 Å². The molecule has 4 aromatic rings. The van der Waals surface area contributed by atoms with E-state index in [2.05, 4.69) is 20.3 Å². The van der Waals surface area contributed by atoms with Crippen molar-refractivity contribution < 1.29 is 36.6 Å². The van der Waals surface area contributed by atoms with Crippen LogP contribution < -0.4 is 10.1 Å². The van der Waals surface area contributed by atoms with Gasteiger partial charge >= 0.3 is 6.18 Å². The van der Waals surface area contributed by atoms with Crippen molar-refractivity contribution in [3.63, 3.8) is 0 Å². The molecule has 1 amide bonds. The van der Waals surface area contributed by atoms with Gasteiger partial charge in [0.1, 0.15) is 30.5 Å². The largest absolute Gasteiger partial charge is 0.493 e. The number of nitrogens with zero attached hydrogens (tertiary/aromatic N) is 5. The average molecular weight is 585 g/mol. The molecule has 0 radical (unpaired) electrons. The summed E-state index contributed by atoms with van der Waals surface area (Å²) in [6.45, 7) is -0.294. The number of hydrogen-bond donors (Lipinski definition) is 1. The fourth-order valence-electron chi connectivity index (χ4n) is 5.64. The van der Waals surface area contributed by atoms with E-state index >= 15 is 0 Å². The van der Waals surface area contributed by atoms with Gasteiger partial charge in [-0.1, -0.05) is 6.07 Å². The Morgan fingerprint density at radius 3 is 2.76 bits per heavy atom. The van der Waals surface area contributed by atoms with E-state index in [0.717, 1.165) is 5.56 Å². The number of anilines is 1. The van der Waals surface area contributed by atoms with Crippen LogP contribution in [0.5, 0.6) is 5.75 Å². The molecule has 1 aromatic carbocycles. The van der Waals surface area contributed by atoms with Crippen LogP contribution in [0, 0.1) is 5.82 Å². The second-order valence-electron chi connectivity index (χ2n) is 10.2. The van der Waals surface area contributed by atoms with E-state index in [9.17, 15) is 22.4 Å². The van der Waals surface area contributed by atoms with Gasteiger partial charge in [-0.15, -0.1) is 0 Å². The third-order valence-electron chi connectivity index (χ3n) is 7.56. The summed E-state index contributed by atoms with van der Waals surface area (Å²) in [6, 6.07) is 6.40. The number of carbonyl (C=O) groups excluding carboxylic acids is 1. The summed E-state index contributed by atoms with van der Waals surface area (Å²) in [4.78, 5) is 27.6. The Hall–Kier alpha value is -4.30. The van der Waals surface area contributed by atoms with Crippen LogP contribution in [-0.2, 0) is 29.0 Å². The molecule has 6 heterocycles.